The summed E-state index contributed by atoms with van der Waals surface area (Å²) >= 11 is 0. The molecule has 7 nitrogen and oxygen atoms in total. The predicted molar refractivity (Wildman–Crippen MR) is 79.0 cm³/mol. The summed E-state index contributed by atoms with van der Waals surface area (Å²) in [5, 5.41) is 7.96. The second-order valence-electron chi connectivity index (χ2n) is 5.62. The van der Waals surface area contributed by atoms with Crippen LogP contribution in [0.5, 0.6) is 0 Å². The van der Waals surface area contributed by atoms with Gasteiger partial charge in [-0.2, -0.15) is 0 Å². The van der Waals surface area contributed by atoms with Gasteiger partial charge in [-0.05, 0) is 25.5 Å². The van der Waals surface area contributed by atoms with Crippen LogP contribution >= 0.6 is 0 Å². The van der Waals surface area contributed by atoms with E-state index in [1.165, 1.54) is 0 Å². The van der Waals surface area contributed by atoms with Crippen molar-refractivity contribution < 1.29 is 9.15 Å². The van der Waals surface area contributed by atoms with Gasteiger partial charge in [-0.25, -0.2) is 9.97 Å². The lowest BCUT2D eigenvalue weighted by Gasteiger charge is -2.31. The van der Waals surface area contributed by atoms with Gasteiger partial charge in [0.05, 0.1) is 6.54 Å². The van der Waals surface area contributed by atoms with Crippen molar-refractivity contribution in [2.45, 2.75) is 38.8 Å². The zero-order chi connectivity index (χ0) is 15.4. The number of methoxy groups -OCH3 is 1. The Morgan fingerprint density at radius 3 is 3.09 bits per heavy atom. The highest BCUT2D eigenvalue weighted by Gasteiger charge is 2.24. The molecule has 0 amide bonds. The van der Waals surface area contributed by atoms with Gasteiger partial charge < -0.3 is 9.15 Å². The predicted octanol–water partition coefficient (Wildman–Crippen LogP) is 1.69. The van der Waals surface area contributed by atoms with E-state index in [1.807, 2.05) is 19.2 Å². The van der Waals surface area contributed by atoms with Gasteiger partial charge in [-0.1, -0.05) is 0 Å². The zero-order valence-corrected chi connectivity index (χ0v) is 13.0. The topological polar surface area (TPSA) is 77.2 Å². The normalized spacial score (nSPS) is 19.5. The molecule has 1 aliphatic heterocycles. The van der Waals surface area contributed by atoms with E-state index in [4.69, 9.17) is 9.15 Å². The largest absolute Gasteiger partial charge is 0.424 e. The monoisotopic (exact) mass is 303 g/mol. The minimum atomic E-state index is 0.413. The summed E-state index contributed by atoms with van der Waals surface area (Å²) in [5.41, 5.74) is 1.09. The first-order valence-electron chi connectivity index (χ1n) is 7.56. The Morgan fingerprint density at radius 2 is 2.32 bits per heavy atom. The highest BCUT2D eigenvalue weighted by Crippen LogP contribution is 2.26. The third-order valence-corrected chi connectivity index (χ3v) is 3.85. The molecule has 0 unspecified atom stereocenters. The molecular formula is C15H21N5O2. The van der Waals surface area contributed by atoms with Crippen molar-refractivity contribution in [1.82, 2.24) is 25.1 Å². The summed E-state index contributed by atoms with van der Waals surface area (Å²) in [5.74, 6) is 2.45. The first-order chi connectivity index (χ1) is 10.7. The first-order valence-corrected chi connectivity index (χ1v) is 7.56. The Labute approximate surface area is 129 Å². The summed E-state index contributed by atoms with van der Waals surface area (Å²) in [6.07, 6.45) is 4.10. The number of hydrogen-bond donors (Lipinski definition) is 0. The summed E-state index contributed by atoms with van der Waals surface area (Å²) in [6, 6.07) is 2.00. The molecule has 2 aromatic heterocycles. The van der Waals surface area contributed by atoms with Crippen molar-refractivity contribution in [2.75, 3.05) is 20.2 Å². The zero-order valence-electron chi connectivity index (χ0n) is 13.0. The Hall–Kier alpha value is -1.86. The number of aromatic nitrogens is 4. The lowest BCUT2D eigenvalue weighted by molar-refractivity contribution is 0.173. The SMILES string of the molecule is COCc1nccc([C@@H]2CCCN(Cc3nnc(C)o3)C2)n1. The molecule has 3 heterocycles. The van der Waals surface area contributed by atoms with Gasteiger partial charge in [0, 0.05) is 38.4 Å². The summed E-state index contributed by atoms with van der Waals surface area (Å²) < 4.78 is 10.6. The fourth-order valence-electron chi connectivity index (χ4n) is 2.87. The van der Waals surface area contributed by atoms with Crippen LogP contribution < -0.4 is 0 Å². The van der Waals surface area contributed by atoms with Crippen LogP contribution in [-0.2, 0) is 17.9 Å². The van der Waals surface area contributed by atoms with E-state index in [1.54, 1.807) is 7.11 Å². The van der Waals surface area contributed by atoms with E-state index < -0.39 is 0 Å². The number of likely N-dealkylation sites (tertiary alicyclic amines) is 1. The fourth-order valence-corrected chi connectivity index (χ4v) is 2.87. The van der Waals surface area contributed by atoms with E-state index in [0.29, 0.717) is 30.9 Å². The number of rotatable bonds is 5. The molecule has 1 fully saturated rings. The van der Waals surface area contributed by atoms with Gasteiger partial charge in [-0.3, -0.25) is 4.90 Å². The van der Waals surface area contributed by atoms with Crippen molar-refractivity contribution in [3.05, 3.63) is 35.6 Å². The van der Waals surface area contributed by atoms with Crippen molar-refractivity contribution in [3.63, 3.8) is 0 Å². The van der Waals surface area contributed by atoms with Crippen molar-refractivity contribution in [2.24, 2.45) is 0 Å². The van der Waals surface area contributed by atoms with Crippen LogP contribution in [0, 0.1) is 6.92 Å². The highest BCUT2D eigenvalue weighted by atomic mass is 16.5. The van der Waals surface area contributed by atoms with Crippen molar-refractivity contribution in [3.8, 4) is 0 Å². The lowest BCUT2D eigenvalue weighted by atomic mass is 9.94. The molecule has 1 aliphatic rings. The molecule has 0 saturated carbocycles. The minimum absolute atomic E-state index is 0.413. The van der Waals surface area contributed by atoms with Crippen LogP contribution in [0.3, 0.4) is 0 Å². The molecule has 0 aromatic carbocycles. The molecule has 0 N–H and O–H groups in total. The van der Waals surface area contributed by atoms with E-state index >= 15 is 0 Å². The smallest absolute Gasteiger partial charge is 0.230 e. The number of hydrogen-bond acceptors (Lipinski definition) is 7. The van der Waals surface area contributed by atoms with E-state index in [-0.39, 0.29) is 0 Å². The maximum Gasteiger partial charge on any atom is 0.230 e. The van der Waals surface area contributed by atoms with Gasteiger partial charge in [-0.15, -0.1) is 10.2 Å². The van der Waals surface area contributed by atoms with E-state index in [9.17, 15) is 0 Å². The van der Waals surface area contributed by atoms with Crippen LogP contribution in [0.1, 0.15) is 42.1 Å². The maximum atomic E-state index is 5.47. The van der Waals surface area contributed by atoms with Gasteiger partial charge in [0.1, 0.15) is 6.61 Å². The van der Waals surface area contributed by atoms with Crippen LogP contribution in [0.2, 0.25) is 0 Å². The number of piperidine rings is 1. The molecule has 0 spiro atoms. The molecular weight excluding hydrogens is 282 g/mol. The Bertz CT molecular complexity index is 615. The Balaban J connectivity index is 1.66. The third-order valence-electron chi connectivity index (χ3n) is 3.85. The summed E-state index contributed by atoms with van der Waals surface area (Å²) in [4.78, 5) is 11.2. The average molecular weight is 303 g/mol. The molecule has 2 aromatic rings. The number of aryl methyl sites for hydroxylation is 1. The summed E-state index contributed by atoms with van der Waals surface area (Å²) in [6.45, 7) is 4.96. The van der Waals surface area contributed by atoms with Gasteiger partial charge >= 0.3 is 0 Å². The molecule has 1 atom stereocenters. The van der Waals surface area contributed by atoms with Crippen LogP contribution in [-0.4, -0.2) is 45.3 Å². The second kappa shape index (κ2) is 6.93. The molecule has 7 heteroatoms. The molecule has 3 rings (SSSR count). The highest BCUT2D eigenvalue weighted by molar-refractivity contribution is 5.10. The standard InChI is InChI=1S/C15H21N5O2/c1-11-18-19-15(22-11)9-20-7-3-4-12(8-20)13-5-6-16-14(17-13)10-21-2/h5-6,12H,3-4,7-10H2,1-2H3/t12-/m1/s1. The van der Waals surface area contributed by atoms with E-state index in [2.05, 4.69) is 25.1 Å². The van der Waals surface area contributed by atoms with Crippen LogP contribution in [0.15, 0.2) is 16.7 Å². The van der Waals surface area contributed by atoms with Gasteiger partial charge in [0.25, 0.3) is 0 Å². The molecule has 118 valence electrons. The first kappa shape index (κ1) is 15.1. The van der Waals surface area contributed by atoms with Crippen molar-refractivity contribution in [1.29, 1.82) is 0 Å². The third kappa shape index (κ3) is 3.66. The maximum absolute atomic E-state index is 5.47. The van der Waals surface area contributed by atoms with E-state index in [0.717, 1.165) is 37.4 Å². The number of ether oxygens (including phenoxy) is 1. The average Bonchev–Trinajstić information content (AvgIpc) is 2.93. The molecule has 1 saturated heterocycles. The minimum Gasteiger partial charge on any atom is -0.424 e. The van der Waals surface area contributed by atoms with Crippen LogP contribution in [0.4, 0.5) is 0 Å². The Morgan fingerprint density at radius 1 is 1.41 bits per heavy atom. The van der Waals surface area contributed by atoms with Crippen molar-refractivity contribution >= 4 is 0 Å². The molecule has 0 radical (unpaired) electrons. The quantitative estimate of drug-likeness (QED) is 0.831. The van der Waals surface area contributed by atoms with Gasteiger partial charge in [0.2, 0.25) is 11.8 Å². The van der Waals surface area contributed by atoms with Crippen LogP contribution in [0.25, 0.3) is 0 Å². The molecule has 0 aliphatic carbocycles. The van der Waals surface area contributed by atoms with Gasteiger partial charge in [0.15, 0.2) is 5.82 Å². The fraction of sp³-hybridized carbons (Fsp3) is 0.600. The lowest BCUT2D eigenvalue weighted by Crippen LogP contribution is -2.34. The number of nitrogens with zero attached hydrogens (tertiary/aromatic N) is 5. The Kier molecular flexibility index (Phi) is 4.74. The molecule has 22 heavy (non-hydrogen) atoms. The summed E-state index contributed by atoms with van der Waals surface area (Å²) in [7, 11) is 1.66. The second-order valence-corrected chi connectivity index (χ2v) is 5.62. The molecule has 0 bridgehead atoms.